The molecular formula is C26H29N5O3. The smallest absolute Gasteiger partial charge is 0.189 e. The molecule has 1 aromatic carbocycles. The number of aromatic nitrogens is 3. The Morgan fingerprint density at radius 2 is 1.97 bits per heavy atom. The first-order valence-electron chi connectivity index (χ1n) is 11.6. The molecule has 8 heteroatoms. The van der Waals surface area contributed by atoms with Crippen molar-refractivity contribution < 1.29 is 14.6 Å². The van der Waals surface area contributed by atoms with Crippen molar-refractivity contribution in [3.8, 4) is 11.3 Å². The van der Waals surface area contributed by atoms with Crippen LogP contribution in [0.15, 0.2) is 55.0 Å². The van der Waals surface area contributed by atoms with Gasteiger partial charge in [0.25, 0.3) is 0 Å². The van der Waals surface area contributed by atoms with Crippen LogP contribution >= 0.6 is 0 Å². The average molecular weight is 460 g/mol. The van der Waals surface area contributed by atoms with Gasteiger partial charge < -0.3 is 21.3 Å². The minimum Gasteiger partial charge on any atom is -0.386 e. The summed E-state index contributed by atoms with van der Waals surface area (Å²) in [6.45, 7) is 1.76. The zero-order valence-corrected chi connectivity index (χ0v) is 19.1. The number of rotatable bonds is 6. The Morgan fingerprint density at radius 1 is 1.21 bits per heavy atom. The Labute approximate surface area is 198 Å². The second-order valence-electron chi connectivity index (χ2n) is 9.48. The number of carbonyl (C=O) groups excluding carboxylic acids is 1. The summed E-state index contributed by atoms with van der Waals surface area (Å²) in [5.41, 5.74) is 14.5. The van der Waals surface area contributed by atoms with E-state index in [1.807, 2.05) is 36.4 Å². The normalized spacial score (nSPS) is 26.9. The number of aliphatic hydroxyl groups is 1. The Bertz CT molecular complexity index is 1200. The van der Waals surface area contributed by atoms with E-state index in [4.69, 9.17) is 16.2 Å². The quantitative estimate of drug-likeness (QED) is 0.479. The van der Waals surface area contributed by atoms with Crippen LogP contribution in [0.1, 0.15) is 53.9 Å². The lowest BCUT2D eigenvalue weighted by molar-refractivity contribution is -0.187. The van der Waals surface area contributed by atoms with E-state index in [2.05, 4.69) is 15.0 Å². The van der Waals surface area contributed by atoms with Gasteiger partial charge in [-0.3, -0.25) is 9.78 Å². The van der Waals surface area contributed by atoms with E-state index in [-0.39, 0.29) is 35.9 Å². The minimum atomic E-state index is -1.08. The van der Waals surface area contributed by atoms with E-state index in [9.17, 15) is 9.90 Å². The number of Topliss-reactive ketones (excluding diaryl/α,β-unsaturated/α-hetero) is 1. The van der Waals surface area contributed by atoms with Gasteiger partial charge in [-0.25, -0.2) is 9.97 Å². The van der Waals surface area contributed by atoms with E-state index >= 15 is 0 Å². The fraction of sp³-hybridized carbons (Fsp3) is 0.385. The number of hydrogen-bond donors (Lipinski definition) is 3. The fourth-order valence-corrected chi connectivity index (χ4v) is 4.75. The first-order chi connectivity index (χ1) is 16.3. The number of nitrogen functional groups attached to an aromatic ring is 1. The number of nitrogens with zero attached hydrogens (tertiary/aromatic N) is 3. The summed E-state index contributed by atoms with van der Waals surface area (Å²) < 4.78 is 6.39. The molecule has 0 spiro atoms. The number of nitrogens with two attached hydrogens (primary N) is 2. The molecule has 3 aromatic rings. The molecule has 2 aromatic heterocycles. The van der Waals surface area contributed by atoms with Crippen LogP contribution in [0.2, 0.25) is 0 Å². The largest absolute Gasteiger partial charge is 0.386 e. The second kappa shape index (κ2) is 8.87. The Kier molecular flexibility index (Phi) is 5.89. The van der Waals surface area contributed by atoms with Crippen LogP contribution in [0.4, 0.5) is 5.82 Å². The fourth-order valence-electron chi connectivity index (χ4n) is 4.75. The summed E-state index contributed by atoms with van der Waals surface area (Å²) in [6.07, 6.45) is 6.82. The lowest BCUT2D eigenvalue weighted by atomic mass is 9.80. The van der Waals surface area contributed by atoms with Crippen molar-refractivity contribution in [1.29, 1.82) is 0 Å². The minimum absolute atomic E-state index is 0.0554. The van der Waals surface area contributed by atoms with Gasteiger partial charge in [-0.15, -0.1) is 0 Å². The second-order valence-corrected chi connectivity index (χ2v) is 9.48. The summed E-state index contributed by atoms with van der Waals surface area (Å²) in [6, 6.07) is 11.0. The van der Waals surface area contributed by atoms with Crippen molar-refractivity contribution in [3.63, 3.8) is 0 Å². The highest BCUT2D eigenvalue weighted by atomic mass is 16.5. The highest BCUT2D eigenvalue weighted by Gasteiger charge is 2.52. The molecule has 1 unspecified atom stereocenters. The van der Waals surface area contributed by atoms with Crippen molar-refractivity contribution in [2.24, 2.45) is 11.7 Å². The molecule has 5 N–H and O–H groups in total. The Hall–Kier alpha value is -3.20. The number of pyridine rings is 1. The van der Waals surface area contributed by atoms with Crippen molar-refractivity contribution in [2.75, 3.05) is 5.73 Å². The SMILES string of the molecule is C[C@]1(O)C(C2CC2)O[C@H](c2ccncc2CC(=O)c2nc(-c3ccccc3)cnc2N)C[C@@H]1N. The molecule has 0 amide bonds. The molecule has 5 rings (SSSR count). The molecule has 34 heavy (non-hydrogen) atoms. The third-order valence-electron chi connectivity index (χ3n) is 6.93. The Morgan fingerprint density at radius 3 is 2.71 bits per heavy atom. The number of carbonyl (C=O) groups is 1. The van der Waals surface area contributed by atoms with Gasteiger partial charge in [0.2, 0.25) is 0 Å². The van der Waals surface area contributed by atoms with Gasteiger partial charge in [-0.1, -0.05) is 30.3 Å². The van der Waals surface area contributed by atoms with E-state index in [0.29, 0.717) is 18.0 Å². The van der Waals surface area contributed by atoms with Gasteiger partial charge >= 0.3 is 0 Å². The molecule has 8 nitrogen and oxygen atoms in total. The van der Waals surface area contributed by atoms with Crippen molar-refractivity contribution in [3.05, 3.63) is 71.8 Å². The highest BCUT2D eigenvalue weighted by Crippen LogP contribution is 2.47. The number of anilines is 1. The monoisotopic (exact) mass is 459 g/mol. The topological polar surface area (TPSA) is 137 Å². The molecule has 1 saturated carbocycles. The number of benzene rings is 1. The molecule has 1 saturated heterocycles. The maximum Gasteiger partial charge on any atom is 0.189 e. The van der Waals surface area contributed by atoms with E-state index in [0.717, 1.165) is 29.5 Å². The molecule has 0 radical (unpaired) electrons. The molecule has 4 atom stereocenters. The predicted octanol–water partition coefficient (Wildman–Crippen LogP) is 2.86. The summed E-state index contributed by atoms with van der Waals surface area (Å²) in [5.74, 6) is 0.158. The van der Waals surface area contributed by atoms with Gasteiger partial charge in [0.1, 0.15) is 11.3 Å². The van der Waals surface area contributed by atoms with Gasteiger partial charge in [0, 0.05) is 30.4 Å². The number of ketones is 1. The summed E-state index contributed by atoms with van der Waals surface area (Å²) >= 11 is 0. The molecule has 176 valence electrons. The summed E-state index contributed by atoms with van der Waals surface area (Å²) in [5, 5.41) is 10.9. The molecular weight excluding hydrogens is 430 g/mol. The number of hydrogen-bond acceptors (Lipinski definition) is 8. The zero-order valence-electron chi connectivity index (χ0n) is 19.1. The third-order valence-corrected chi connectivity index (χ3v) is 6.93. The first kappa shape index (κ1) is 22.6. The molecule has 2 fully saturated rings. The molecule has 1 aliphatic carbocycles. The van der Waals surface area contributed by atoms with Crippen LogP contribution in [-0.4, -0.2) is 43.6 Å². The molecule has 0 bridgehead atoms. The summed E-state index contributed by atoms with van der Waals surface area (Å²) in [4.78, 5) is 26.2. The van der Waals surface area contributed by atoms with Crippen LogP contribution < -0.4 is 11.5 Å². The lowest BCUT2D eigenvalue weighted by Crippen LogP contribution is -2.60. The van der Waals surface area contributed by atoms with E-state index < -0.39 is 11.6 Å². The van der Waals surface area contributed by atoms with Crippen molar-refractivity contribution in [1.82, 2.24) is 15.0 Å². The van der Waals surface area contributed by atoms with Crippen molar-refractivity contribution in [2.45, 2.75) is 56.5 Å². The average Bonchev–Trinajstić information content (AvgIpc) is 3.67. The molecule has 3 heterocycles. The van der Waals surface area contributed by atoms with Crippen molar-refractivity contribution >= 4 is 11.6 Å². The summed E-state index contributed by atoms with van der Waals surface area (Å²) in [7, 11) is 0. The van der Waals surface area contributed by atoms with E-state index in [1.54, 1.807) is 25.5 Å². The standard InChI is InChI=1S/C26H29N5O3/c1-26(33)22(27)12-21(34-24(26)16-7-8-16)18-9-10-29-13-17(18)11-20(32)23-25(28)30-14-19(31-23)15-5-3-2-4-6-15/h2-6,9-10,13-14,16,21-22,24,33H,7-8,11-12,27H2,1H3,(H2,28,30)/t21-,22-,24?,26+/m0/s1. The predicted molar refractivity (Wildman–Crippen MR) is 128 cm³/mol. The first-order valence-corrected chi connectivity index (χ1v) is 11.6. The van der Waals surface area contributed by atoms with Gasteiger partial charge in [0.05, 0.1) is 24.1 Å². The maximum atomic E-state index is 13.3. The van der Waals surface area contributed by atoms with Crippen LogP contribution in [0.3, 0.4) is 0 Å². The zero-order chi connectivity index (χ0) is 23.9. The van der Waals surface area contributed by atoms with Crippen LogP contribution in [0.25, 0.3) is 11.3 Å². The lowest BCUT2D eigenvalue weighted by Gasteiger charge is -2.45. The van der Waals surface area contributed by atoms with Gasteiger partial charge in [0.15, 0.2) is 11.6 Å². The van der Waals surface area contributed by atoms with E-state index in [1.165, 1.54) is 0 Å². The van der Waals surface area contributed by atoms with Crippen LogP contribution in [-0.2, 0) is 11.2 Å². The maximum absolute atomic E-state index is 13.3. The third kappa shape index (κ3) is 4.32. The van der Waals surface area contributed by atoms with Crippen LogP contribution in [0, 0.1) is 5.92 Å². The molecule has 2 aliphatic rings. The molecule has 1 aliphatic heterocycles. The number of ether oxygens (including phenoxy) is 1. The highest BCUT2D eigenvalue weighted by molar-refractivity contribution is 5.99. The van der Waals surface area contributed by atoms with Crippen LogP contribution in [0.5, 0.6) is 0 Å². The van der Waals surface area contributed by atoms with Gasteiger partial charge in [-0.05, 0) is 49.3 Å². The van der Waals surface area contributed by atoms with Gasteiger partial charge in [-0.2, -0.15) is 0 Å². The Balaban J connectivity index is 1.41.